The number of H-pyrrole nitrogens is 1. The fourth-order valence-electron chi connectivity index (χ4n) is 5.37. The average Bonchev–Trinajstić information content (AvgIpc) is 3.41. The van der Waals surface area contributed by atoms with Gasteiger partial charge >= 0.3 is 0 Å². The summed E-state index contributed by atoms with van der Waals surface area (Å²) in [6.07, 6.45) is 11.4. The molecule has 7 nitrogen and oxygen atoms in total. The Hall–Kier alpha value is -2.41. The summed E-state index contributed by atoms with van der Waals surface area (Å²) >= 11 is 0. The molecular weight excluding hydrogens is 378 g/mol. The Morgan fingerprint density at radius 1 is 1.27 bits per heavy atom. The molecule has 7 heteroatoms. The van der Waals surface area contributed by atoms with Crippen molar-refractivity contribution in [1.82, 2.24) is 24.4 Å². The summed E-state index contributed by atoms with van der Waals surface area (Å²) in [7, 11) is 0. The van der Waals surface area contributed by atoms with Crippen LogP contribution in [-0.4, -0.2) is 49.9 Å². The third-order valence-electron chi connectivity index (χ3n) is 6.99. The van der Waals surface area contributed by atoms with Crippen molar-refractivity contribution in [3.05, 3.63) is 45.5 Å². The second-order valence-electron chi connectivity index (χ2n) is 8.98. The molecule has 0 spiro atoms. The number of allylic oxidation sites excluding steroid dienone is 2. The number of hydrogen-bond acceptors (Lipinski definition) is 4. The van der Waals surface area contributed by atoms with E-state index in [1.807, 2.05) is 17.9 Å². The van der Waals surface area contributed by atoms with Crippen molar-refractivity contribution in [3.8, 4) is 0 Å². The Morgan fingerprint density at radius 3 is 2.97 bits per heavy atom. The first-order valence-electron chi connectivity index (χ1n) is 11.4. The van der Waals surface area contributed by atoms with Crippen LogP contribution in [0.1, 0.15) is 68.4 Å². The first kappa shape index (κ1) is 19.5. The number of fused-ring (bicyclic) bond motifs is 2. The van der Waals surface area contributed by atoms with Gasteiger partial charge in [0, 0.05) is 44.2 Å². The van der Waals surface area contributed by atoms with Crippen molar-refractivity contribution in [3.63, 3.8) is 0 Å². The molecule has 1 aliphatic carbocycles. The normalized spacial score (nSPS) is 24.5. The molecule has 160 valence electrons. The fourth-order valence-corrected chi connectivity index (χ4v) is 5.37. The Balaban J connectivity index is 1.41. The molecule has 1 N–H and O–H groups in total. The number of rotatable bonds is 4. The van der Waals surface area contributed by atoms with Crippen molar-refractivity contribution in [2.45, 2.75) is 64.5 Å². The zero-order valence-corrected chi connectivity index (χ0v) is 17.8. The quantitative estimate of drug-likeness (QED) is 0.788. The summed E-state index contributed by atoms with van der Waals surface area (Å²) in [6.45, 7) is 5.45. The van der Waals surface area contributed by atoms with Crippen LogP contribution in [0.25, 0.3) is 5.65 Å². The predicted molar refractivity (Wildman–Crippen MR) is 115 cm³/mol. The highest BCUT2D eigenvalue weighted by Crippen LogP contribution is 2.32. The number of carbonyl (C=O) groups excluding carboxylic acids is 1. The molecule has 3 aliphatic rings. The van der Waals surface area contributed by atoms with Gasteiger partial charge in [-0.3, -0.25) is 19.6 Å². The molecule has 2 aliphatic heterocycles. The average molecular weight is 410 g/mol. The van der Waals surface area contributed by atoms with E-state index in [1.165, 1.54) is 12.8 Å². The number of nitrogens with zero attached hydrogens (tertiary/aromatic N) is 4. The van der Waals surface area contributed by atoms with E-state index in [2.05, 4.69) is 22.2 Å². The molecule has 4 heterocycles. The highest BCUT2D eigenvalue weighted by Gasteiger charge is 2.31. The summed E-state index contributed by atoms with van der Waals surface area (Å²) in [4.78, 5) is 34.7. The molecule has 1 fully saturated rings. The second kappa shape index (κ2) is 8.02. The third-order valence-corrected chi connectivity index (χ3v) is 6.99. The minimum Gasteiger partial charge on any atom is -0.334 e. The monoisotopic (exact) mass is 409 g/mol. The van der Waals surface area contributed by atoms with Gasteiger partial charge < -0.3 is 4.90 Å². The molecular formula is C23H31N5O2. The van der Waals surface area contributed by atoms with E-state index >= 15 is 0 Å². The zero-order chi connectivity index (χ0) is 20.7. The first-order valence-corrected chi connectivity index (χ1v) is 11.4. The molecule has 30 heavy (non-hydrogen) atoms. The standard InChI is InChI=1S/C23H31N5O2/c1-2-22(29)27-11-6-9-20(27)18-13-21-24-19-15-26(14-16-7-4-3-5-8-16)12-10-17(19)23(30)28(21)25-18/h3-4,13,16,20,25H,2,5-12,14-15H2,1H3/t16-,20+/m1/s1. The molecule has 1 saturated heterocycles. The maximum atomic E-state index is 13.2. The molecule has 5 rings (SSSR count). The number of amides is 1. The van der Waals surface area contributed by atoms with Crippen LogP contribution in [0.15, 0.2) is 23.0 Å². The number of carbonyl (C=O) groups is 1. The van der Waals surface area contributed by atoms with Gasteiger partial charge in [-0.25, -0.2) is 9.50 Å². The van der Waals surface area contributed by atoms with Crippen LogP contribution in [0.5, 0.6) is 0 Å². The lowest BCUT2D eigenvalue weighted by Gasteiger charge is -2.31. The predicted octanol–water partition coefficient (Wildman–Crippen LogP) is 2.81. The molecule has 0 saturated carbocycles. The molecule has 1 amide bonds. The lowest BCUT2D eigenvalue weighted by molar-refractivity contribution is -0.131. The van der Waals surface area contributed by atoms with Crippen molar-refractivity contribution < 1.29 is 4.79 Å². The molecule has 2 atom stereocenters. The van der Waals surface area contributed by atoms with Crippen LogP contribution in [0, 0.1) is 5.92 Å². The lowest BCUT2D eigenvalue weighted by Crippen LogP contribution is -2.38. The maximum Gasteiger partial charge on any atom is 0.276 e. The van der Waals surface area contributed by atoms with Gasteiger partial charge in [-0.05, 0) is 44.4 Å². The molecule has 0 unspecified atom stereocenters. The van der Waals surface area contributed by atoms with Crippen LogP contribution in [-0.2, 0) is 17.8 Å². The maximum absolute atomic E-state index is 13.2. The number of aromatic amines is 1. The Kier molecular flexibility index (Phi) is 5.23. The molecule has 0 aromatic carbocycles. The van der Waals surface area contributed by atoms with Gasteiger partial charge in [-0.1, -0.05) is 19.1 Å². The third kappa shape index (κ3) is 3.49. The zero-order valence-electron chi connectivity index (χ0n) is 17.8. The number of likely N-dealkylation sites (tertiary alicyclic amines) is 1. The van der Waals surface area contributed by atoms with Crippen molar-refractivity contribution in [2.75, 3.05) is 19.6 Å². The van der Waals surface area contributed by atoms with E-state index in [9.17, 15) is 9.59 Å². The van der Waals surface area contributed by atoms with E-state index < -0.39 is 0 Å². The van der Waals surface area contributed by atoms with Crippen LogP contribution < -0.4 is 5.56 Å². The van der Waals surface area contributed by atoms with Gasteiger partial charge in [-0.2, -0.15) is 0 Å². The van der Waals surface area contributed by atoms with E-state index in [1.54, 1.807) is 4.52 Å². The Labute approximate surface area is 176 Å². The summed E-state index contributed by atoms with van der Waals surface area (Å²) in [6, 6.07) is 1.99. The van der Waals surface area contributed by atoms with E-state index in [0.29, 0.717) is 18.0 Å². The van der Waals surface area contributed by atoms with Crippen molar-refractivity contribution in [2.24, 2.45) is 5.92 Å². The van der Waals surface area contributed by atoms with Gasteiger partial charge in [0.2, 0.25) is 5.91 Å². The summed E-state index contributed by atoms with van der Waals surface area (Å²) in [5.74, 6) is 0.883. The Morgan fingerprint density at radius 2 is 2.17 bits per heavy atom. The van der Waals surface area contributed by atoms with Crippen LogP contribution in [0.4, 0.5) is 0 Å². The molecule has 2 aromatic rings. The molecule has 0 radical (unpaired) electrons. The first-order chi connectivity index (χ1) is 14.6. The van der Waals surface area contributed by atoms with Crippen molar-refractivity contribution >= 4 is 11.6 Å². The lowest BCUT2D eigenvalue weighted by atomic mass is 9.93. The summed E-state index contributed by atoms with van der Waals surface area (Å²) in [5, 5.41) is 3.27. The molecule has 2 aromatic heterocycles. The minimum atomic E-state index is 0.0198. The van der Waals surface area contributed by atoms with Gasteiger partial charge in [0.1, 0.15) is 0 Å². The van der Waals surface area contributed by atoms with Gasteiger partial charge in [0.25, 0.3) is 5.56 Å². The van der Waals surface area contributed by atoms with Crippen LogP contribution in [0.2, 0.25) is 0 Å². The SMILES string of the molecule is CCC(=O)N1CCC[C@H]1c1cc2nc3c(c(=O)n2[nH]1)CCN(C[C@@H]1CC=CCC1)C3. The fraction of sp³-hybridized carbons (Fsp3) is 0.609. The van der Waals surface area contributed by atoms with Crippen LogP contribution >= 0.6 is 0 Å². The number of nitrogens with one attached hydrogen (secondary N) is 1. The van der Waals surface area contributed by atoms with Gasteiger partial charge in [0.05, 0.1) is 17.4 Å². The van der Waals surface area contributed by atoms with E-state index in [-0.39, 0.29) is 17.5 Å². The largest absolute Gasteiger partial charge is 0.334 e. The summed E-state index contributed by atoms with van der Waals surface area (Å²) in [5.41, 5.74) is 3.39. The highest BCUT2D eigenvalue weighted by atomic mass is 16.2. The van der Waals surface area contributed by atoms with E-state index in [0.717, 1.165) is 68.8 Å². The van der Waals surface area contributed by atoms with Gasteiger partial charge in [0.15, 0.2) is 5.65 Å². The second-order valence-corrected chi connectivity index (χ2v) is 8.98. The summed E-state index contributed by atoms with van der Waals surface area (Å²) < 4.78 is 1.59. The van der Waals surface area contributed by atoms with Crippen LogP contribution in [0.3, 0.4) is 0 Å². The smallest absolute Gasteiger partial charge is 0.276 e. The Bertz CT molecular complexity index is 1040. The topological polar surface area (TPSA) is 73.7 Å². The highest BCUT2D eigenvalue weighted by molar-refractivity contribution is 5.76. The van der Waals surface area contributed by atoms with Crippen molar-refractivity contribution in [1.29, 1.82) is 0 Å². The number of hydrogen-bond donors (Lipinski definition) is 1. The molecule has 0 bridgehead atoms. The van der Waals surface area contributed by atoms with E-state index in [4.69, 9.17) is 4.98 Å². The van der Waals surface area contributed by atoms with Gasteiger partial charge in [-0.15, -0.1) is 0 Å². The number of aromatic nitrogens is 3. The minimum absolute atomic E-state index is 0.0198.